The lowest BCUT2D eigenvalue weighted by Gasteiger charge is -2.24. The minimum Gasteiger partial charge on any atom is -0.325 e. The van der Waals surface area contributed by atoms with Crippen molar-refractivity contribution in [3.63, 3.8) is 0 Å². The minimum absolute atomic E-state index is 0.514. The number of benzene rings is 1. The summed E-state index contributed by atoms with van der Waals surface area (Å²) in [6.45, 7) is 4.60. The Bertz CT molecular complexity index is 648. The van der Waals surface area contributed by atoms with Crippen molar-refractivity contribution in [1.82, 2.24) is 14.9 Å². The zero-order valence-corrected chi connectivity index (χ0v) is 11.3. The Labute approximate surface area is 113 Å². The molecule has 1 aromatic heterocycles. The lowest BCUT2D eigenvalue weighted by Crippen LogP contribution is -2.46. The molecule has 0 radical (unpaired) electrons. The molecule has 1 heterocycles. The van der Waals surface area contributed by atoms with Gasteiger partial charge in [0.2, 0.25) is 0 Å². The number of hydrogen-bond donors (Lipinski definition) is 1. The number of para-hydroxylation sites is 2. The van der Waals surface area contributed by atoms with Crippen LogP contribution < -0.4 is 5.32 Å². The molecular formula is C15H18N4. The van der Waals surface area contributed by atoms with E-state index in [0.717, 1.165) is 16.9 Å². The van der Waals surface area contributed by atoms with Crippen LogP contribution in [0.4, 0.5) is 0 Å². The highest BCUT2D eigenvalue weighted by molar-refractivity contribution is 5.75. The van der Waals surface area contributed by atoms with E-state index < -0.39 is 5.54 Å². The quantitative estimate of drug-likeness (QED) is 0.911. The Hall–Kier alpha value is -1.86. The largest absolute Gasteiger partial charge is 0.325 e. The van der Waals surface area contributed by atoms with Crippen molar-refractivity contribution in [2.45, 2.75) is 44.8 Å². The standard InChI is InChI=1S/C15H18N4/c1-11-17-13-5-3-4-6-14(13)19(11)10-15(2,9-16)18-12-7-8-12/h3-6,12,18H,7-8,10H2,1-2H3. The molecule has 1 N–H and O–H groups in total. The molecule has 0 bridgehead atoms. The van der Waals surface area contributed by atoms with Gasteiger partial charge in [0.15, 0.2) is 0 Å². The Morgan fingerprint density at radius 3 is 2.89 bits per heavy atom. The molecule has 2 aromatic rings. The van der Waals surface area contributed by atoms with Crippen LogP contribution in [0.25, 0.3) is 11.0 Å². The summed E-state index contributed by atoms with van der Waals surface area (Å²) in [5.74, 6) is 0.959. The summed E-state index contributed by atoms with van der Waals surface area (Å²) in [6, 6.07) is 11.0. The van der Waals surface area contributed by atoms with E-state index >= 15 is 0 Å². The van der Waals surface area contributed by atoms with Crippen LogP contribution in [0.5, 0.6) is 0 Å². The number of hydrogen-bond acceptors (Lipinski definition) is 3. The van der Waals surface area contributed by atoms with Crippen LogP contribution in [0, 0.1) is 18.3 Å². The summed E-state index contributed by atoms with van der Waals surface area (Å²) in [6.07, 6.45) is 2.36. The molecule has 4 nitrogen and oxygen atoms in total. The average molecular weight is 254 g/mol. The summed E-state index contributed by atoms with van der Waals surface area (Å²) in [4.78, 5) is 4.55. The second-order valence-electron chi connectivity index (χ2n) is 5.60. The fourth-order valence-corrected chi connectivity index (χ4v) is 2.50. The summed E-state index contributed by atoms with van der Waals surface area (Å²) < 4.78 is 2.13. The molecule has 1 unspecified atom stereocenters. The maximum Gasteiger partial charge on any atom is 0.122 e. The van der Waals surface area contributed by atoms with Crippen LogP contribution >= 0.6 is 0 Å². The van der Waals surface area contributed by atoms with Crippen LogP contribution in [-0.4, -0.2) is 21.1 Å². The third kappa shape index (κ3) is 2.34. The van der Waals surface area contributed by atoms with E-state index in [2.05, 4.69) is 27.0 Å². The molecule has 4 heteroatoms. The van der Waals surface area contributed by atoms with Gasteiger partial charge in [-0.1, -0.05) is 12.1 Å². The molecule has 98 valence electrons. The second kappa shape index (κ2) is 4.36. The molecule has 0 amide bonds. The first kappa shape index (κ1) is 12.2. The van der Waals surface area contributed by atoms with Gasteiger partial charge in [0.25, 0.3) is 0 Å². The highest BCUT2D eigenvalue weighted by Gasteiger charge is 2.33. The van der Waals surface area contributed by atoms with Gasteiger partial charge in [-0.15, -0.1) is 0 Å². The summed E-state index contributed by atoms with van der Waals surface area (Å²) in [5, 5.41) is 12.9. The predicted molar refractivity (Wildman–Crippen MR) is 74.6 cm³/mol. The van der Waals surface area contributed by atoms with Gasteiger partial charge in [0.05, 0.1) is 23.6 Å². The molecule has 1 saturated carbocycles. The lowest BCUT2D eigenvalue weighted by molar-refractivity contribution is 0.386. The normalized spacial score (nSPS) is 18.2. The first-order valence-electron chi connectivity index (χ1n) is 6.72. The van der Waals surface area contributed by atoms with Crippen molar-refractivity contribution in [2.24, 2.45) is 0 Å². The molecule has 3 rings (SSSR count). The van der Waals surface area contributed by atoms with Gasteiger partial charge in [-0.2, -0.15) is 5.26 Å². The van der Waals surface area contributed by atoms with Crippen LogP contribution in [0.1, 0.15) is 25.6 Å². The van der Waals surface area contributed by atoms with E-state index in [0.29, 0.717) is 12.6 Å². The summed E-state index contributed by atoms with van der Waals surface area (Å²) in [7, 11) is 0. The van der Waals surface area contributed by atoms with Gasteiger partial charge in [-0.05, 0) is 38.8 Å². The van der Waals surface area contributed by atoms with E-state index in [9.17, 15) is 5.26 Å². The van der Waals surface area contributed by atoms with Gasteiger partial charge < -0.3 is 4.57 Å². The predicted octanol–water partition coefficient (Wildman–Crippen LogP) is 2.38. The third-order valence-corrected chi connectivity index (χ3v) is 3.67. The zero-order chi connectivity index (χ0) is 13.5. The lowest BCUT2D eigenvalue weighted by atomic mass is 10.0. The summed E-state index contributed by atoms with van der Waals surface area (Å²) >= 11 is 0. The van der Waals surface area contributed by atoms with E-state index in [4.69, 9.17) is 0 Å². The Morgan fingerprint density at radius 2 is 2.21 bits per heavy atom. The fourth-order valence-electron chi connectivity index (χ4n) is 2.50. The van der Waals surface area contributed by atoms with Gasteiger partial charge >= 0.3 is 0 Å². The van der Waals surface area contributed by atoms with Gasteiger partial charge in [-0.3, -0.25) is 5.32 Å². The van der Waals surface area contributed by atoms with Crippen molar-refractivity contribution in [3.05, 3.63) is 30.1 Å². The first-order valence-corrected chi connectivity index (χ1v) is 6.72. The Balaban J connectivity index is 1.95. The molecule has 19 heavy (non-hydrogen) atoms. The van der Waals surface area contributed by atoms with Crippen LogP contribution in [-0.2, 0) is 6.54 Å². The number of imidazole rings is 1. The van der Waals surface area contributed by atoms with E-state index in [1.807, 2.05) is 32.0 Å². The maximum absolute atomic E-state index is 9.48. The van der Waals surface area contributed by atoms with Crippen LogP contribution in [0.3, 0.4) is 0 Å². The molecule has 1 aliphatic carbocycles. The number of aromatic nitrogens is 2. The second-order valence-corrected chi connectivity index (χ2v) is 5.60. The highest BCUT2D eigenvalue weighted by atomic mass is 15.1. The number of aryl methyl sites for hydroxylation is 1. The molecule has 0 saturated heterocycles. The Kier molecular flexibility index (Phi) is 2.79. The van der Waals surface area contributed by atoms with Crippen LogP contribution in [0.2, 0.25) is 0 Å². The van der Waals surface area contributed by atoms with Crippen molar-refractivity contribution in [1.29, 1.82) is 5.26 Å². The van der Waals surface area contributed by atoms with Crippen molar-refractivity contribution < 1.29 is 0 Å². The smallest absolute Gasteiger partial charge is 0.122 e. The molecule has 1 fully saturated rings. The van der Waals surface area contributed by atoms with Gasteiger partial charge in [0, 0.05) is 6.04 Å². The van der Waals surface area contributed by atoms with Crippen molar-refractivity contribution in [2.75, 3.05) is 0 Å². The first-order chi connectivity index (χ1) is 9.11. The number of rotatable bonds is 4. The number of fused-ring (bicyclic) bond motifs is 1. The number of nitrogens with one attached hydrogen (secondary N) is 1. The molecule has 0 aliphatic heterocycles. The zero-order valence-electron chi connectivity index (χ0n) is 11.3. The molecule has 0 spiro atoms. The highest BCUT2D eigenvalue weighted by Crippen LogP contribution is 2.24. The monoisotopic (exact) mass is 254 g/mol. The SMILES string of the molecule is Cc1nc2ccccc2n1CC(C)(C#N)NC1CC1. The number of nitrogens with zero attached hydrogens (tertiary/aromatic N) is 3. The third-order valence-electron chi connectivity index (χ3n) is 3.67. The van der Waals surface area contributed by atoms with Gasteiger partial charge in [0.1, 0.15) is 11.4 Å². The van der Waals surface area contributed by atoms with E-state index in [1.54, 1.807) is 0 Å². The van der Waals surface area contributed by atoms with Crippen molar-refractivity contribution >= 4 is 11.0 Å². The van der Waals surface area contributed by atoms with E-state index in [-0.39, 0.29) is 0 Å². The maximum atomic E-state index is 9.48. The van der Waals surface area contributed by atoms with E-state index in [1.165, 1.54) is 12.8 Å². The molecular weight excluding hydrogens is 236 g/mol. The number of nitriles is 1. The average Bonchev–Trinajstić information content (AvgIpc) is 3.15. The molecule has 1 atom stereocenters. The Morgan fingerprint density at radius 1 is 1.47 bits per heavy atom. The molecule has 1 aliphatic rings. The van der Waals surface area contributed by atoms with Crippen molar-refractivity contribution in [3.8, 4) is 6.07 Å². The fraction of sp³-hybridized carbons (Fsp3) is 0.467. The van der Waals surface area contributed by atoms with Crippen LogP contribution in [0.15, 0.2) is 24.3 Å². The van der Waals surface area contributed by atoms with Gasteiger partial charge in [-0.25, -0.2) is 4.98 Å². The minimum atomic E-state index is -0.532. The molecule has 1 aromatic carbocycles. The summed E-state index contributed by atoms with van der Waals surface area (Å²) in [5.41, 5.74) is 1.56. The topological polar surface area (TPSA) is 53.6 Å².